The summed E-state index contributed by atoms with van der Waals surface area (Å²) in [6.07, 6.45) is 6.69. The van der Waals surface area contributed by atoms with E-state index in [1.807, 2.05) is 7.05 Å². The van der Waals surface area contributed by atoms with Crippen molar-refractivity contribution in [2.75, 3.05) is 23.4 Å². The lowest BCUT2D eigenvalue weighted by atomic mass is 9.88. The van der Waals surface area contributed by atoms with Crippen molar-refractivity contribution in [1.29, 1.82) is 10.5 Å². The van der Waals surface area contributed by atoms with Crippen molar-refractivity contribution in [3.63, 3.8) is 0 Å². The Morgan fingerprint density at radius 1 is 0.972 bits per heavy atom. The van der Waals surface area contributed by atoms with E-state index in [2.05, 4.69) is 58.1 Å². The van der Waals surface area contributed by atoms with Crippen molar-refractivity contribution < 1.29 is 0 Å². The Morgan fingerprint density at radius 2 is 1.64 bits per heavy atom. The second-order valence-corrected chi connectivity index (χ2v) is 10.4. The molecule has 3 aromatic rings. The van der Waals surface area contributed by atoms with E-state index in [1.165, 1.54) is 28.7 Å². The van der Waals surface area contributed by atoms with Crippen LogP contribution in [0.15, 0.2) is 41.2 Å². The van der Waals surface area contributed by atoms with Crippen molar-refractivity contribution in [3.8, 4) is 12.1 Å². The Morgan fingerprint density at radius 3 is 2.25 bits per heavy atom. The minimum absolute atomic E-state index is 0.0900. The van der Waals surface area contributed by atoms with Crippen LogP contribution in [0.5, 0.6) is 0 Å². The van der Waals surface area contributed by atoms with E-state index >= 15 is 0 Å². The van der Waals surface area contributed by atoms with Crippen LogP contribution in [0.1, 0.15) is 55.3 Å². The number of aromatic nitrogens is 2. The monoisotopic (exact) mass is 480 g/mol. The van der Waals surface area contributed by atoms with Crippen LogP contribution in [-0.2, 0) is 7.05 Å². The van der Waals surface area contributed by atoms with Crippen molar-refractivity contribution in [1.82, 2.24) is 9.55 Å². The molecule has 1 aromatic carbocycles. The second kappa shape index (κ2) is 9.66. The van der Waals surface area contributed by atoms with E-state index in [9.17, 15) is 15.3 Å². The van der Waals surface area contributed by atoms with E-state index in [1.54, 1.807) is 19.2 Å². The zero-order valence-electron chi connectivity index (χ0n) is 21.2. The normalized spacial score (nSPS) is 19.5. The SMILES string of the molecule is Cc1ccc(N(CC2CC2)C2CCC(N(C)c3c(C#N)c(=O)n(C)c4ccc(C#N)nc34)CC2)cc1. The molecule has 36 heavy (non-hydrogen) atoms. The van der Waals surface area contributed by atoms with Gasteiger partial charge >= 0.3 is 0 Å². The number of benzene rings is 1. The lowest BCUT2D eigenvalue weighted by molar-refractivity contribution is 0.365. The third-order valence-electron chi connectivity index (χ3n) is 7.97. The lowest BCUT2D eigenvalue weighted by Gasteiger charge is -2.41. The fraction of sp³-hybridized carbons (Fsp3) is 0.448. The number of nitrogens with zero attached hydrogens (tertiary/aromatic N) is 6. The maximum absolute atomic E-state index is 13.0. The highest BCUT2D eigenvalue weighted by Crippen LogP contribution is 2.37. The smallest absolute Gasteiger partial charge is 0.270 e. The van der Waals surface area contributed by atoms with Gasteiger partial charge in [-0.05, 0) is 75.6 Å². The van der Waals surface area contributed by atoms with Gasteiger partial charge in [-0.15, -0.1) is 0 Å². The number of nitriles is 2. The largest absolute Gasteiger partial charge is 0.369 e. The third kappa shape index (κ3) is 4.42. The highest BCUT2D eigenvalue weighted by atomic mass is 16.1. The van der Waals surface area contributed by atoms with Gasteiger partial charge in [0.2, 0.25) is 0 Å². The molecule has 2 saturated carbocycles. The Hall–Kier alpha value is -3.84. The number of fused-ring (bicyclic) bond motifs is 1. The van der Waals surface area contributed by atoms with Crippen LogP contribution in [0, 0.1) is 35.5 Å². The summed E-state index contributed by atoms with van der Waals surface area (Å²) in [6, 6.07) is 17.1. The third-order valence-corrected chi connectivity index (χ3v) is 7.97. The van der Waals surface area contributed by atoms with E-state index in [0.29, 0.717) is 22.8 Å². The lowest BCUT2D eigenvalue weighted by Crippen LogP contribution is -2.44. The van der Waals surface area contributed by atoms with Gasteiger partial charge in [-0.25, -0.2) is 4.98 Å². The number of hydrogen-bond acceptors (Lipinski definition) is 6. The van der Waals surface area contributed by atoms with Crippen LogP contribution in [0.3, 0.4) is 0 Å². The summed E-state index contributed by atoms with van der Waals surface area (Å²) in [6.45, 7) is 3.24. The fourth-order valence-electron chi connectivity index (χ4n) is 5.62. The van der Waals surface area contributed by atoms with Gasteiger partial charge in [-0.2, -0.15) is 10.5 Å². The molecular formula is C29H32N6O. The first-order valence-corrected chi connectivity index (χ1v) is 12.8. The molecular weight excluding hydrogens is 448 g/mol. The number of hydrogen-bond donors (Lipinski definition) is 0. The van der Waals surface area contributed by atoms with E-state index in [-0.39, 0.29) is 22.9 Å². The van der Waals surface area contributed by atoms with Gasteiger partial charge in [0.05, 0.1) is 11.2 Å². The van der Waals surface area contributed by atoms with E-state index in [4.69, 9.17) is 0 Å². The van der Waals surface area contributed by atoms with Gasteiger partial charge in [-0.3, -0.25) is 4.79 Å². The van der Waals surface area contributed by atoms with Gasteiger partial charge < -0.3 is 14.4 Å². The van der Waals surface area contributed by atoms with Gasteiger partial charge in [0.15, 0.2) is 0 Å². The van der Waals surface area contributed by atoms with E-state index < -0.39 is 0 Å². The maximum Gasteiger partial charge on any atom is 0.270 e. The summed E-state index contributed by atoms with van der Waals surface area (Å²) in [5.41, 5.74) is 4.33. The molecule has 2 aromatic heterocycles. The molecule has 2 aliphatic rings. The van der Waals surface area contributed by atoms with Gasteiger partial charge in [0.1, 0.15) is 28.9 Å². The van der Waals surface area contributed by atoms with Crippen LogP contribution >= 0.6 is 0 Å². The molecule has 0 amide bonds. The number of pyridine rings is 2. The van der Waals surface area contributed by atoms with E-state index in [0.717, 1.165) is 38.1 Å². The fourth-order valence-corrected chi connectivity index (χ4v) is 5.62. The molecule has 5 rings (SSSR count). The predicted octanol–water partition coefficient (Wildman–Crippen LogP) is 4.65. The molecule has 0 aliphatic heterocycles. The molecule has 2 fully saturated rings. The molecule has 0 saturated heterocycles. The van der Waals surface area contributed by atoms with Crippen LogP contribution in [0.4, 0.5) is 11.4 Å². The average molecular weight is 481 g/mol. The molecule has 0 spiro atoms. The standard InChI is InChI=1S/C29H32N6O/c1-19-4-9-23(10-5-19)35(18-20-6-7-20)24-13-11-22(12-14-24)33(2)28-25(17-31)29(36)34(3)26-15-8-21(16-30)32-27(26)28/h4-5,8-10,15,20,22,24H,6-7,11-14,18H2,1-3H3. The van der Waals surface area contributed by atoms with Crippen molar-refractivity contribution in [2.24, 2.45) is 13.0 Å². The Kier molecular flexibility index (Phi) is 6.41. The first kappa shape index (κ1) is 23.9. The quantitative estimate of drug-likeness (QED) is 0.510. The molecule has 2 heterocycles. The Bertz CT molecular complexity index is 1420. The van der Waals surface area contributed by atoms with Crippen molar-refractivity contribution in [2.45, 2.75) is 57.5 Å². The molecule has 0 N–H and O–H groups in total. The Labute approximate surface area is 212 Å². The highest BCUT2D eigenvalue weighted by molar-refractivity contribution is 5.92. The zero-order valence-corrected chi connectivity index (χ0v) is 21.2. The second-order valence-electron chi connectivity index (χ2n) is 10.4. The Balaban J connectivity index is 1.43. The molecule has 7 nitrogen and oxygen atoms in total. The van der Waals surface area contributed by atoms with Gasteiger partial charge in [0, 0.05) is 38.4 Å². The molecule has 184 valence electrons. The van der Waals surface area contributed by atoms with Crippen LogP contribution in [-0.4, -0.2) is 35.2 Å². The van der Waals surface area contributed by atoms with Crippen molar-refractivity contribution >= 4 is 22.4 Å². The molecule has 7 heteroatoms. The first-order chi connectivity index (χ1) is 17.4. The summed E-state index contributed by atoms with van der Waals surface area (Å²) < 4.78 is 1.45. The van der Waals surface area contributed by atoms with Crippen LogP contribution in [0.2, 0.25) is 0 Å². The summed E-state index contributed by atoms with van der Waals surface area (Å²) in [5.74, 6) is 0.803. The molecule has 0 bridgehead atoms. The van der Waals surface area contributed by atoms with Crippen LogP contribution in [0.25, 0.3) is 11.0 Å². The summed E-state index contributed by atoms with van der Waals surface area (Å²) in [4.78, 5) is 22.2. The maximum atomic E-state index is 13.0. The predicted molar refractivity (Wildman–Crippen MR) is 142 cm³/mol. The zero-order chi connectivity index (χ0) is 25.4. The number of anilines is 2. The molecule has 0 atom stereocenters. The summed E-state index contributed by atoms with van der Waals surface area (Å²) in [7, 11) is 3.61. The first-order valence-electron chi connectivity index (χ1n) is 12.8. The topological polar surface area (TPSA) is 89.0 Å². The average Bonchev–Trinajstić information content (AvgIpc) is 3.73. The minimum atomic E-state index is -0.331. The summed E-state index contributed by atoms with van der Waals surface area (Å²) >= 11 is 0. The van der Waals surface area contributed by atoms with Gasteiger partial charge in [-0.1, -0.05) is 17.7 Å². The molecule has 0 radical (unpaired) electrons. The number of rotatable bonds is 6. The number of aryl methyl sites for hydroxylation is 2. The molecule has 2 aliphatic carbocycles. The van der Waals surface area contributed by atoms with Crippen LogP contribution < -0.4 is 15.4 Å². The van der Waals surface area contributed by atoms with Gasteiger partial charge in [0.25, 0.3) is 5.56 Å². The highest BCUT2D eigenvalue weighted by Gasteiger charge is 2.33. The minimum Gasteiger partial charge on any atom is -0.369 e. The summed E-state index contributed by atoms with van der Waals surface area (Å²) in [5, 5.41) is 19.3. The van der Waals surface area contributed by atoms with Crippen molar-refractivity contribution in [3.05, 3.63) is 63.6 Å². The molecule has 0 unspecified atom stereocenters.